The Morgan fingerprint density at radius 2 is 1.88 bits per heavy atom. The number of nitrogens with zero attached hydrogens (tertiary/aromatic N) is 2. The Morgan fingerprint density at radius 1 is 1.20 bits per heavy atom. The number of carbonyl (C=O) groups excluding carboxylic acids is 2. The number of hydrogen-bond acceptors (Lipinski definition) is 3. The van der Waals surface area contributed by atoms with E-state index in [4.69, 9.17) is 0 Å². The highest BCUT2D eigenvalue weighted by Crippen LogP contribution is 2.25. The molecule has 0 saturated carbocycles. The minimum Gasteiger partial charge on any atom is -0.505 e. The molecule has 6 heteroatoms. The lowest BCUT2D eigenvalue weighted by molar-refractivity contribution is -0.140. The molecule has 1 fully saturated rings. The molecule has 1 aromatic carbocycles. The van der Waals surface area contributed by atoms with E-state index in [1.807, 2.05) is 13.8 Å². The summed E-state index contributed by atoms with van der Waals surface area (Å²) in [5.74, 6) is -1.76. The van der Waals surface area contributed by atoms with E-state index in [-0.39, 0.29) is 29.7 Å². The molecule has 130 valence electrons. The fourth-order valence-electron chi connectivity index (χ4n) is 2.88. The molecule has 2 heterocycles. The van der Waals surface area contributed by atoms with Crippen molar-refractivity contribution >= 4 is 17.4 Å². The van der Waals surface area contributed by atoms with E-state index in [2.05, 4.69) is 0 Å². The van der Waals surface area contributed by atoms with E-state index >= 15 is 0 Å². The normalized spacial score (nSPS) is 16.9. The number of amides is 1. The zero-order valence-electron chi connectivity index (χ0n) is 14.1. The molecule has 1 saturated heterocycles. The van der Waals surface area contributed by atoms with Crippen molar-refractivity contribution in [2.45, 2.75) is 26.4 Å². The maximum Gasteiger partial charge on any atom is 0.295 e. The Morgan fingerprint density at radius 3 is 2.48 bits per heavy atom. The molecular weight excluding hydrogens is 323 g/mol. The second kappa shape index (κ2) is 6.55. The van der Waals surface area contributed by atoms with Gasteiger partial charge in [-0.1, -0.05) is 12.1 Å². The van der Waals surface area contributed by atoms with E-state index < -0.39 is 11.7 Å². The van der Waals surface area contributed by atoms with Crippen LogP contribution in [-0.4, -0.2) is 38.9 Å². The maximum absolute atomic E-state index is 13.0. The van der Waals surface area contributed by atoms with E-state index in [0.717, 1.165) is 5.56 Å². The molecule has 5 nitrogen and oxygen atoms in total. The van der Waals surface area contributed by atoms with Crippen molar-refractivity contribution in [1.82, 2.24) is 9.47 Å². The molecule has 25 heavy (non-hydrogen) atoms. The van der Waals surface area contributed by atoms with Gasteiger partial charge in [-0.2, -0.15) is 0 Å². The van der Waals surface area contributed by atoms with Gasteiger partial charge in [-0.05, 0) is 43.7 Å². The van der Waals surface area contributed by atoms with Crippen molar-refractivity contribution in [2.24, 2.45) is 0 Å². The third kappa shape index (κ3) is 3.20. The molecule has 2 aromatic rings. The molecular formula is C19H19FN2O3. The first-order valence-electron chi connectivity index (χ1n) is 8.06. The smallest absolute Gasteiger partial charge is 0.295 e. The molecule has 1 aliphatic heterocycles. The van der Waals surface area contributed by atoms with Crippen LogP contribution in [0.2, 0.25) is 0 Å². The van der Waals surface area contributed by atoms with Crippen LogP contribution in [0.4, 0.5) is 4.39 Å². The molecule has 1 aliphatic rings. The summed E-state index contributed by atoms with van der Waals surface area (Å²) in [6.45, 7) is 4.16. The van der Waals surface area contributed by atoms with E-state index in [0.29, 0.717) is 12.2 Å². The summed E-state index contributed by atoms with van der Waals surface area (Å²) < 4.78 is 14.8. The first kappa shape index (κ1) is 17.0. The van der Waals surface area contributed by atoms with Gasteiger partial charge in [0, 0.05) is 18.8 Å². The summed E-state index contributed by atoms with van der Waals surface area (Å²) in [7, 11) is 0. The van der Waals surface area contributed by atoms with Gasteiger partial charge >= 0.3 is 0 Å². The van der Waals surface area contributed by atoms with Crippen molar-refractivity contribution in [2.75, 3.05) is 6.54 Å². The summed E-state index contributed by atoms with van der Waals surface area (Å²) in [5, 5.41) is 10.6. The number of ketones is 1. The van der Waals surface area contributed by atoms with Crippen LogP contribution < -0.4 is 0 Å². The minimum atomic E-state index is -0.666. The third-order valence-electron chi connectivity index (χ3n) is 4.31. The average molecular weight is 342 g/mol. The Labute approximate surface area is 145 Å². The molecule has 1 amide bonds. The van der Waals surface area contributed by atoms with Crippen molar-refractivity contribution < 1.29 is 19.1 Å². The van der Waals surface area contributed by atoms with E-state index in [1.165, 1.54) is 17.0 Å². The lowest BCUT2D eigenvalue weighted by Gasteiger charge is -2.18. The largest absolute Gasteiger partial charge is 0.505 e. The van der Waals surface area contributed by atoms with Crippen LogP contribution in [0, 0.1) is 5.82 Å². The van der Waals surface area contributed by atoms with Crippen LogP contribution in [-0.2, 0) is 16.1 Å². The standard InChI is InChI=1S/C19H19FN2O3/c1-12(2)22-11-15(18(24)19(22)25)17(23)16-4-3-9-21(16)10-13-5-7-14(20)8-6-13/h3-9,12,23H,10-11H2,1-2H3. The Kier molecular flexibility index (Phi) is 4.44. The molecule has 1 N–H and O–H groups in total. The van der Waals surface area contributed by atoms with Gasteiger partial charge < -0.3 is 14.6 Å². The van der Waals surface area contributed by atoms with Crippen LogP contribution in [0.5, 0.6) is 0 Å². The van der Waals surface area contributed by atoms with Crippen LogP contribution >= 0.6 is 0 Å². The lowest BCUT2D eigenvalue weighted by Crippen LogP contribution is -2.33. The van der Waals surface area contributed by atoms with Gasteiger partial charge in [-0.25, -0.2) is 4.39 Å². The topological polar surface area (TPSA) is 62.5 Å². The monoisotopic (exact) mass is 342 g/mol. The van der Waals surface area contributed by atoms with Crippen molar-refractivity contribution in [3.05, 3.63) is 65.2 Å². The molecule has 0 atom stereocenters. The van der Waals surface area contributed by atoms with E-state index in [9.17, 15) is 19.1 Å². The van der Waals surface area contributed by atoms with Crippen molar-refractivity contribution in [3.63, 3.8) is 0 Å². The average Bonchev–Trinajstić information content (AvgIpc) is 3.15. The van der Waals surface area contributed by atoms with Gasteiger partial charge in [0.05, 0.1) is 17.8 Å². The van der Waals surface area contributed by atoms with Gasteiger partial charge in [0.2, 0.25) is 0 Å². The minimum absolute atomic E-state index is 0.100. The zero-order chi connectivity index (χ0) is 18.1. The predicted molar refractivity (Wildman–Crippen MR) is 91.3 cm³/mol. The highest BCUT2D eigenvalue weighted by molar-refractivity contribution is 6.46. The molecule has 1 aromatic heterocycles. The first-order chi connectivity index (χ1) is 11.9. The Bertz CT molecular complexity index is 850. The van der Waals surface area contributed by atoms with Crippen LogP contribution in [0.25, 0.3) is 5.76 Å². The Hall–Kier alpha value is -2.89. The van der Waals surface area contributed by atoms with Gasteiger partial charge in [0.15, 0.2) is 0 Å². The number of likely N-dealkylation sites (tertiary alicyclic amines) is 1. The summed E-state index contributed by atoms with van der Waals surface area (Å²) >= 11 is 0. The number of halogens is 1. The fourth-order valence-corrected chi connectivity index (χ4v) is 2.88. The number of aliphatic hydroxyl groups is 1. The quantitative estimate of drug-likeness (QED) is 0.528. The number of hydrogen-bond donors (Lipinski definition) is 1. The summed E-state index contributed by atoms with van der Waals surface area (Å²) in [6.07, 6.45) is 1.76. The first-order valence-corrected chi connectivity index (χ1v) is 8.06. The van der Waals surface area contributed by atoms with Crippen molar-refractivity contribution in [3.8, 4) is 0 Å². The van der Waals surface area contributed by atoms with Crippen LogP contribution in [0.3, 0.4) is 0 Å². The number of aliphatic hydroxyl groups excluding tert-OH is 1. The molecule has 0 spiro atoms. The zero-order valence-corrected chi connectivity index (χ0v) is 14.1. The number of benzene rings is 1. The Balaban J connectivity index is 1.92. The van der Waals surface area contributed by atoms with Gasteiger partial charge in [0.1, 0.15) is 11.6 Å². The summed E-state index contributed by atoms with van der Waals surface area (Å²) in [4.78, 5) is 25.7. The third-order valence-corrected chi connectivity index (χ3v) is 4.31. The molecule has 0 bridgehead atoms. The molecule has 0 aliphatic carbocycles. The SMILES string of the molecule is CC(C)N1CC(=C(O)c2cccn2Cc2ccc(F)cc2)C(=O)C1=O. The fraction of sp³-hybridized carbons (Fsp3) is 0.263. The summed E-state index contributed by atoms with van der Waals surface area (Å²) in [6, 6.07) is 9.38. The summed E-state index contributed by atoms with van der Waals surface area (Å²) in [5.41, 5.74) is 1.41. The number of carbonyl (C=O) groups is 2. The predicted octanol–water partition coefficient (Wildman–Crippen LogP) is 2.76. The van der Waals surface area contributed by atoms with Crippen molar-refractivity contribution in [1.29, 1.82) is 0 Å². The molecule has 3 rings (SSSR count). The second-order valence-corrected chi connectivity index (χ2v) is 6.33. The lowest BCUT2D eigenvalue weighted by atomic mass is 10.1. The molecule has 0 unspecified atom stereocenters. The van der Waals surface area contributed by atoms with Gasteiger partial charge in [0.25, 0.3) is 11.7 Å². The van der Waals surface area contributed by atoms with E-state index in [1.54, 1.807) is 35.0 Å². The number of aromatic nitrogens is 1. The van der Waals surface area contributed by atoms with Gasteiger partial charge in [-0.3, -0.25) is 9.59 Å². The van der Waals surface area contributed by atoms with Gasteiger partial charge in [-0.15, -0.1) is 0 Å². The maximum atomic E-state index is 13.0. The number of Topliss-reactive ketones (excluding diaryl/α,β-unsaturated/α-hetero) is 1. The highest BCUT2D eigenvalue weighted by atomic mass is 19.1. The van der Waals surface area contributed by atoms with Crippen LogP contribution in [0.15, 0.2) is 48.2 Å². The molecule has 0 radical (unpaired) electrons. The highest BCUT2D eigenvalue weighted by Gasteiger charge is 2.38. The number of rotatable bonds is 4. The second-order valence-electron chi connectivity index (χ2n) is 6.33. The van der Waals surface area contributed by atoms with Crippen LogP contribution in [0.1, 0.15) is 25.1 Å².